The van der Waals surface area contributed by atoms with Crippen molar-refractivity contribution in [1.29, 1.82) is 0 Å². The number of aromatic nitrogens is 2. The van der Waals surface area contributed by atoms with Gasteiger partial charge in [-0.2, -0.15) is 0 Å². The van der Waals surface area contributed by atoms with E-state index in [0.717, 1.165) is 33.5 Å². The van der Waals surface area contributed by atoms with Crippen LogP contribution in [0.4, 0.5) is 0 Å². The maximum atomic E-state index is 5.07. The summed E-state index contributed by atoms with van der Waals surface area (Å²) in [6, 6.07) is 38.8. The molecule has 6 aromatic rings. The number of benzene rings is 5. The molecule has 1 heterocycles. The van der Waals surface area contributed by atoms with Crippen LogP contribution in [0.3, 0.4) is 0 Å². The van der Waals surface area contributed by atoms with Crippen molar-refractivity contribution in [3.8, 4) is 33.8 Å². The van der Waals surface area contributed by atoms with Gasteiger partial charge in [0.1, 0.15) is 0 Å². The van der Waals surface area contributed by atoms with E-state index in [9.17, 15) is 0 Å². The third-order valence-electron chi connectivity index (χ3n) is 7.45. The first kappa shape index (κ1) is 20.1. The second-order valence-corrected chi connectivity index (χ2v) is 9.91. The Labute approximate surface area is 204 Å². The molecule has 1 aliphatic carbocycles. The molecule has 2 heteroatoms. The number of rotatable bonds is 2. The molecule has 0 N–H and O–H groups in total. The Morgan fingerprint density at radius 1 is 0.543 bits per heavy atom. The molecule has 0 fully saturated rings. The summed E-state index contributed by atoms with van der Waals surface area (Å²) in [7, 11) is 0. The number of hydrogen-bond acceptors (Lipinski definition) is 2. The lowest BCUT2D eigenvalue weighted by atomic mass is 9.82. The summed E-state index contributed by atoms with van der Waals surface area (Å²) in [5.74, 6) is 0.757. The molecule has 0 radical (unpaired) electrons. The van der Waals surface area contributed by atoms with E-state index in [1.54, 1.807) is 0 Å². The molecule has 166 valence electrons. The van der Waals surface area contributed by atoms with Gasteiger partial charge in [-0.15, -0.1) is 0 Å². The van der Waals surface area contributed by atoms with Crippen LogP contribution in [0.25, 0.3) is 55.4 Å². The van der Waals surface area contributed by atoms with E-state index >= 15 is 0 Å². The normalized spacial score (nSPS) is 13.7. The standard InChI is InChI=1S/C33H24N2/c1-33(2)28-14-8-6-12-25(28)27-19-22-16-17-23(18-24(22)20-29(27)33)32-34-30-15-9-7-13-26(30)31(35-32)21-10-4-3-5-11-21/h3-20H,1-2H3. The van der Waals surface area contributed by atoms with Crippen LogP contribution < -0.4 is 0 Å². The van der Waals surface area contributed by atoms with Gasteiger partial charge in [0.2, 0.25) is 0 Å². The van der Waals surface area contributed by atoms with Crippen LogP contribution >= 0.6 is 0 Å². The van der Waals surface area contributed by atoms with Crippen LogP contribution in [0.15, 0.2) is 109 Å². The predicted octanol–water partition coefficient (Wildman–Crippen LogP) is 8.42. The van der Waals surface area contributed by atoms with Gasteiger partial charge in [0.25, 0.3) is 0 Å². The minimum absolute atomic E-state index is 0.0178. The van der Waals surface area contributed by atoms with Crippen molar-refractivity contribution in [2.45, 2.75) is 19.3 Å². The van der Waals surface area contributed by atoms with Crippen LogP contribution in [0.1, 0.15) is 25.0 Å². The highest BCUT2D eigenvalue weighted by atomic mass is 14.9. The third-order valence-corrected chi connectivity index (χ3v) is 7.45. The SMILES string of the molecule is CC1(C)c2ccccc2-c2cc3ccc(-c4nc(-c5ccccc5)c5ccccc5n4)cc3cc21. The minimum Gasteiger partial charge on any atom is -0.228 e. The monoisotopic (exact) mass is 448 g/mol. The molecule has 0 saturated heterocycles. The molecule has 0 unspecified atom stereocenters. The third kappa shape index (κ3) is 3.03. The van der Waals surface area contributed by atoms with Crippen molar-refractivity contribution < 1.29 is 0 Å². The molecule has 1 aromatic heterocycles. The number of nitrogens with zero attached hydrogens (tertiary/aromatic N) is 2. The van der Waals surface area contributed by atoms with Crippen LogP contribution in [0.2, 0.25) is 0 Å². The summed E-state index contributed by atoms with van der Waals surface area (Å²) in [6.07, 6.45) is 0. The zero-order valence-corrected chi connectivity index (χ0v) is 19.8. The van der Waals surface area contributed by atoms with Gasteiger partial charge in [-0.3, -0.25) is 0 Å². The Balaban J connectivity index is 1.43. The molecular formula is C33H24N2. The molecule has 35 heavy (non-hydrogen) atoms. The van der Waals surface area contributed by atoms with Gasteiger partial charge in [0.05, 0.1) is 11.2 Å². The first-order chi connectivity index (χ1) is 17.1. The number of para-hydroxylation sites is 1. The van der Waals surface area contributed by atoms with Crippen molar-refractivity contribution in [3.05, 3.63) is 120 Å². The fourth-order valence-electron chi connectivity index (χ4n) is 5.61. The summed E-state index contributed by atoms with van der Waals surface area (Å²) >= 11 is 0. The van der Waals surface area contributed by atoms with Gasteiger partial charge >= 0.3 is 0 Å². The van der Waals surface area contributed by atoms with Crippen molar-refractivity contribution in [2.24, 2.45) is 0 Å². The summed E-state index contributed by atoms with van der Waals surface area (Å²) < 4.78 is 0. The van der Waals surface area contributed by atoms with E-state index in [2.05, 4.69) is 105 Å². The van der Waals surface area contributed by atoms with E-state index in [4.69, 9.17) is 9.97 Å². The first-order valence-corrected chi connectivity index (χ1v) is 12.1. The van der Waals surface area contributed by atoms with Crippen LogP contribution in [-0.4, -0.2) is 9.97 Å². The number of hydrogen-bond donors (Lipinski definition) is 0. The average Bonchev–Trinajstić information content (AvgIpc) is 3.13. The molecular weight excluding hydrogens is 424 g/mol. The molecule has 0 saturated carbocycles. The highest BCUT2D eigenvalue weighted by Crippen LogP contribution is 2.49. The molecule has 2 nitrogen and oxygen atoms in total. The summed E-state index contributed by atoms with van der Waals surface area (Å²) in [6.45, 7) is 4.65. The lowest BCUT2D eigenvalue weighted by Crippen LogP contribution is -2.14. The van der Waals surface area contributed by atoms with Crippen LogP contribution in [0.5, 0.6) is 0 Å². The zero-order chi connectivity index (χ0) is 23.6. The average molecular weight is 449 g/mol. The largest absolute Gasteiger partial charge is 0.228 e. The zero-order valence-electron chi connectivity index (χ0n) is 19.8. The fraction of sp³-hybridized carbons (Fsp3) is 0.0909. The minimum atomic E-state index is -0.0178. The maximum Gasteiger partial charge on any atom is 0.160 e. The summed E-state index contributed by atoms with van der Waals surface area (Å²) in [5, 5.41) is 3.53. The highest BCUT2D eigenvalue weighted by molar-refractivity contribution is 5.97. The highest BCUT2D eigenvalue weighted by Gasteiger charge is 2.35. The van der Waals surface area contributed by atoms with Crippen molar-refractivity contribution in [1.82, 2.24) is 9.97 Å². The molecule has 0 spiro atoms. The van der Waals surface area contributed by atoms with Crippen LogP contribution in [-0.2, 0) is 5.41 Å². The Morgan fingerprint density at radius 2 is 1.31 bits per heavy atom. The van der Waals surface area contributed by atoms with Gasteiger partial charge in [-0.05, 0) is 57.3 Å². The molecule has 0 amide bonds. The summed E-state index contributed by atoms with van der Waals surface area (Å²) in [4.78, 5) is 10.0. The smallest absolute Gasteiger partial charge is 0.160 e. The Hall–Kier alpha value is -4.30. The van der Waals surface area contributed by atoms with E-state index in [1.165, 1.54) is 33.0 Å². The van der Waals surface area contributed by atoms with Crippen LogP contribution in [0, 0.1) is 0 Å². The fourth-order valence-corrected chi connectivity index (χ4v) is 5.61. The predicted molar refractivity (Wildman–Crippen MR) is 145 cm³/mol. The van der Waals surface area contributed by atoms with Crippen molar-refractivity contribution >= 4 is 21.7 Å². The summed E-state index contributed by atoms with van der Waals surface area (Å²) in [5.41, 5.74) is 9.53. The molecule has 1 aliphatic rings. The Kier molecular flexibility index (Phi) is 4.22. The molecule has 5 aromatic carbocycles. The molecule has 7 rings (SSSR count). The quantitative estimate of drug-likeness (QED) is 0.266. The van der Waals surface area contributed by atoms with E-state index in [-0.39, 0.29) is 5.41 Å². The Bertz CT molecular complexity index is 1760. The van der Waals surface area contributed by atoms with Gasteiger partial charge < -0.3 is 0 Å². The lowest BCUT2D eigenvalue weighted by molar-refractivity contribution is 0.661. The van der Waals surface area contributed by atoms with E-state index in [0.29, 0.717) is 0 Å². The maximum absolute atomic E-state index is 5.07. The van der Waals surface area contributed by atoms with E-state index < -0.39 is 0 Å². The van der Waals surface area contributed by atoms with Gasteiger partial charge in [0.15, 0.2) is 5.82 Å². The topological polar surface area (TPSA) is 25.8 Å². The van der Waals surface area contributed by atoms with E-state index in [1.807, 2.05) is 18.2 Å². The lowest BCUT2D eigenvalue weighted by Gasteiger charge is -2.21. The second kappa shape index (κ2) is 7.35. The van der Waals surface area contributed by atoms with Crippen molar-refractivity contribution in [3.63, 3.8) is 0 Å². The molecule has 0 bridgehead atoms. The van der Waals surface area contributed by atoms with Crippen molar-refractivity contribution in [2.75, 3.05) is 0 Å². The van der Waals surface area contributed by atoms with Gasteiger partial charge in [-0.25, -0.2) is 9.97 Å². The molecule has 0 aliphatic heterocycles. The molecule has 0 atom stereocenters. The number of fused-ring (bicyclic) bond motifs is 5. The van der Waals surface area contributed by atoms with Gasteiger partial charge in [-0.1, -0.05) is 98.8 Å². The van der Waals surface area contributed by atoms with Gasteiger partial charge in [0, 0.05) is 21.9 Å². The second-order valence-electron chi connectivity index (χ2n) is 9.91. The first-order valence-electron chi connectivity index (χ1n) is 12.1. The Morgan fingerprint density at radius 3 is 2.20 bits per heavy atom.